The van der Waals surface area contributed by atoms with Crippen molar-refractivity contribution in [1.82, 2.24) is 4.90 Å². The summed E-state index contributed by atoms with van der Waals surface area (Å²) in [4.78, 5) is 14.2. The SMILES string of the molecule is O=C(Nc1ccccc1F)c1ccc(OC(=S)N2CCCCC2)cc1. The number of ether oxygens (including phenoxy) is 1. The van der Waals surface area contributed by atoms with Gasteiger partial charge in [-0.2, -0.15) is 0 Å². The number of piperidine rings is 1. The molecule has 1 heterocycles. The minimum Gasteiger partial charge on any atom is -0.432 e. The van der Waals surface area contributed by atoms with Crippen LogP contribution in [0, 0.1) is 5.82 Å². The van der Waals surface area contributed by atoms with Gasteiger partial charge in [-0.1, -0.05) is 12.1 Å². The van der Waals surface area contributed by atoms with Crippen molar-refractivity contribution in [2.24, 2.45) is 0 Å². The Morgan fingerprint density at radius 3 is 2.40 bits per heavy atom. The lowest BCUT2D eigenvalue weighted by molar-refractivity contribution is 0.102. The summed E-state index contributed by atoms with van der Waals surface area (Å²) in [6.07, 6.45) is 3.47. The first-order valence-electron chi connectivity index (χ1n) is 8.26. The van der Waals surface area contributed by atoms with E-state index in [0.29, 0.717) is 16.5 Å². The van der Waals surface area contributed by atoms with Gasteiger partial charge in [-0.3, -0.25) is 4.79 Å². The lowest BCUT2D eigenvalue weighted by Crippen LogP contribution is -2.37. The molecule has 3 rings (SSSR count). The summed E-state index contributed by atoms with van der Waals surface area (Å²) in [6, 6.07) is 12.7. The third kappa shape index (κ3) is 4.54. The van der Waals surface area contributed by atoms with Crippen molar-refractivity contribution in [3.05, 3.63) is 59.9 Å². The van der Waals surface area contributed by atoms with Crippen molar-refractivity contribution in [1.29, 1.82) is 0 Å². The van der Waals surface area contributed by atoms with E-state index < -0.39 is 5.82 Å². The highest BCUT2D eigenvalue weighted by molar-refractivity contribution is 7.80. The minimum absolute atomic E-state index is 0.152. The van der Waals surface area contributed by atoms with Gasteiger partial charge in [0.1, 0.15) is 11.6 Å². The van der Waals surface area contributed by atoms with Gasteiger partial charge < -0.3 is 15.0 Å². The molecule has 25 heavy (non-hydrogen) atoms. The third-order valence-corrected chi connectivity index (χ3v) is 4.40. The average Bonchev–Trinajstić information content (AvgIpc) is 2.65. The van der Waals surface area contributed by atoms with Gasteiger partial charge in [0.15, 0.2) is 0 Å². The summed E-state index contributed by atoms with van der Waals surface area (Å²) < 4.78 is 19.3. The molecule has 0 bridgehead atoms. The quantitative estimate of drug-likeness (QED) is 0.834. The molecule has 1 aliphatic rings. The van der Waals surface area contributed by atoms with Crippen molar-refractivity contribution in [2.75, 3.05) is 18.4 Å². The van der Waals surface area contributed by atoms with Gasteiger partial charge in [-0.25, -0.2) is 4.39 Å². The van der Waals surface area contributed by atoms with Crippen molar-refractivity contribution in [3.63, 3.8) is 0 Å². The fraction of sp³-hybridized carbons (Fsp3) is 0.263. The number of carbonyl (C=O) groups excluding carboxylic acids is 1. The van der Waals surface area contributed by atoms with Crippen LogP contribution < -0.4 is 10.1 Å². The molecule has 0 aromatic heterocycles. The topological polar surface area (TPSA) is 41.6 Å². The molecule has 4 nitrogen and oxygen atoms in total. The second-order valence-electron chi connectivity index (χ2n) is 5.87. The number of hydrogen-bond acceptors (Lipinski definition) is 3. The van der Waals surface area contributed by atoms with Crippen molar-refractivity contribution in [2.45, 2.75) is 19.3 Å². The lowest BCUT2D eigenvalue weighted by atomic mass is 10.1. The highest BCUT2D eigenvalue weighted by atomic mass is 32.1. The van der Waals surface area contributed by atoms with Crippen LogP contribution in [0.2, 0.25) is 0 Å². The zero-order chi connectivity index (χ0) is 17.6. The van der Waals surface area contributed by atoms with Crippen LogP contribution in [0.5, 0.6) is 5.75 Å². The number of hydrogen-bond donors (Lipinski definition) is 1. The van der Waals surface area contributed by atoms with Gasteiger partial charge in [-0.15, -0.1) is 0 Å². The van der Waals surface area contributed by atoms with E-state index in [4.69, 9.17) is 17.0 Å². The van der Waals surface area contributed by atoms with E-state index in [0.717, 1.165) is 25.9 Å². The zero-order valence-electron chi connectivity index (χ0n) is 13.7. The van der Waals surface area contributed by atoms with Crippen LogP contribution in [0.3, 0.4) is 0 Å². The zero-order valence-corrected chi connectivity index (χ0v) is 14.5. The van der Waals surface area contributed by atoms with Gasteiger partial charge in [0.25, 0.3) is 11.1 Å². The first-order valence-corrected chi connectivity index (χ1v) is 8.67. The summed E-state index contributed by atoms with van der Waals surface area (Å²) in [5.74, 6) is -0.268. The molecule has 0 atom stereocenters. The van der Waals surface area contributed by atoms with Crippen LogP contribution in [-0.4, -0.2) is 29.1 Å². The van der Waals surface area contributed by atoms with Crippen molar-refractivity contribution in [3.8, 4) is 5.75 Å². The molecule has 1 amide bonds. The van der Waals surface area contributed by atoms with Gasteiger partial charge in [0, 0.05) is 18.7 Å². The number of nitrogens with zero attached hydrogens (tertiary/aromatic N) is 1. The van der Waals surface area contributed by atoms with E-state index >= 15 is 0 Å². The van der Waals surface area contributed by atoms with Gasteiger partial charge >= 0.3 is 0 Å². The Bertz CT molecular complexity index is 758. The van der Waals surface area contributed by atoms with Crippen molar-refractivity contribution < 1.29 is 13.9 Å². The van der Waals surface area contributed by atoms with Crippen LogP contribution in [0.1, 0.15) is 29.6 Å². The highest BCUT2D eigenvalue weighted by Gasteiger charge is 2.15. The Hall–Kier alpha value is -2.47. The normalized spacial score (nSPS) is 14.0. The van der Waals surface area contributed by atoms with Crippen LogP contribution in [-0.2, 0) is 0 Å². The molecule has 0 unspecified atom stereocenters. The van der Waals surface area contributed by atoms with Crippen LogP contribution in [0.15, 0.2) is 48.5 Å². The van der Waals surface area contributed by atoms with E-state index in [-0.39, 0.29) is 11.6 Å². The smallest absolute Gasteiger partial charge is 0.264 e. The molecule has 2 aromatic carbocycles. The molecule has 0 spiro atoms. The first-order chi connectivity index (χ1) is 12.1. The molecule has 0 saturated carbocycles. The van der Waals surface area contributed by atoms with E-state index in [1.165, 1.54) is 18.6 Å². The number of carbonyl (C=O) groups is 1. The molecule has 1 saturated heterocycles. The number of amides is 1. The average molecular weight is 358 g/mol. The van der Waals surface area contributed by atoms with Crippen molar-refractivity contribution >= 4 is 29.0 Å². The summed E-state index contributed by atoms with van der Waals surface area (Å²) in [5, 5.41) is 3.01. The monoisotopic (exact) mass is 358 g/mol. The Morgan fingerprint density at radius 2 is 1.72 bits per heavy atom. The molecule has 1 N–H and O–H groups in total. The molecule has 1 aliphatic heterocycles. The van der Waals surface area contributed by atoms with Crippen LogP contribution >= 0.6 is 12.2 Å². The maximum atomic E-state index is 13.6. The molecule has 130 valence electrons. The summed E-state index contributed by atoms with van der Waals surface area (Å²) in [7, 11) is 0. The minimum atomic E-state index is -0.470. The van der Waals surface area contributed by atoms with Crippen LogP contribution in [0.25, 0.3) is 0 Å². The number of thiocarbonyl (C=S) groups is 1. The molecular formula is C19H19FN2O2S. The number of likely N-dealkylation sites (tertiary alicyclic amines) is 1. The number of anilines is 1. The number of rotatable bonds is 3. The predicted molar refractivity (Wildman–Crippen MR) is 99.4 cm³/mol. The van der Waals surface area contributed by atoms with Gasteiger partial charge in [0.05, 0.1) is 5.69 Å². The number of benzene rings is 2. The highest BCUT2D eigenvalue weighted by Crippen LogP contribution is 2.18. The van der Waals surface area contributed by atoms with E-state index in [2.05, 4.69) is 10.2 Å². The third-order valence-electron chi connectivity index (χ3n) is 4.06. The molecular weight excluding hydrogens is 339 g/mol. The Labute approximate surface area is 151 Å². The van der Waals surface area contributed by atoms with E-state index in [1.807, 2.05) is 0 Å². The standard InChI is InChI=1S/C19H19FN2O2S/c20-16-6-2-3-7-17(16)21-18(23)14-8-10-15(11-9-14)24-19(25)22-12-4-1-5-13-22/h2-3,6-11H,1,4-5,12-13H2,(H,21,23). The van der Waals surface area contributed by atoms with Gasteiger partial charge in [0.2, 0.25) is 0 Å². The summed E-state index contributed by atoms with van der Waals surface area (Å²) in [5.41, 5.74) is 0.568. The van der Waals surface area contributed by atoms with Gasteiger partial charge in [-0.05, 0) is 67.9 Å². The largest absolute Gasteiger partial charge is 0.432 e. The summed E-state index contributed by atoms with van der Waals surface area (Å²) in [6.45, 7) is 1.84. The predicted octanol–water partition coefficient (Wildman–Crippen LogP) is 4.23. The second-order valence-corrected chi connectivity index (χ2v) is 6.22. The molecule has 6 heteroatoms. The van der Waals surface area contributed by atoms with E-state index in [1.54, 1.807) is 36.4 Å². The Morgan fingerprint density at radius 1 is 1.04 bits per heavy atom. The number of para-hydroxylation sites is 1. The maximum absolute atomic E-state index is 13.6. The molecule has 0 radical (unpaired) electrons. The van der Waals surface area contributed by atoms with Crippen LogP contribution in [0.4, 0.5) is 10.1 Å². The Kier molecular flexibility index (Phi) is 5.60. The number of halogens is 1. The lowest BCUT2D eigenvalue weighted by Gasteiger charge is -2.28. The summed E-state index contributed by atoms with van der Waals surface area (Å²) >= 11 is 5.32. The fourth-order valence-corrected chi connectivity index (χ4v) is 2.95. The maximum Gasteiger partial charge on any atom is 0.264 e. The Balaban J connectivity index is 1.60. The second kappa shape index (κ2) is 8.07. The first kappa shape index (κ1) is 17.4. The molecule has 1 fully saturated rings. The fourth-order valence-electron chi connectivity index (χ4n) is 2.67. The molecule has 0 aliphatic carbocycles. The molecule has 2 aromatic rings. The van der Waals surface area contributed by atoms with E-state index in [9.17, 15) is 9.18 Å². The number of nitrogens with one attached hydrogen (secondary N) is 1.